The van der Waals surface area contributed by atoms with Crippen LogP contribution in [0.3, 0.4) is 0 Å². The summed E-state index contributed by atoms with van der Waals surface area (Å²) < 4.78 is 10.6. The second-order valence-corrected chi connectivity index (χ2v) is 4.95. The van der Waals surface area contributed by atoms with Crippen LogP contribution < -0.4 is 20.1 Å². The Morgan fingerprint density at radius 1 is 1.35 bits per heavy atom. The molecule has 0 bridgehead atoms. The van der Waals surface area contributed by atoms with E-state index >= 15 is 0 Å². The van der Waals surface area contributed by atoms with Crippen molar-refractivity contribution < 1.29 is 14.3 Å². The highest BCUT2D eigenvalue weighted by Gasteiger charge is 2.17. The molecule has 1 saturated heterocycles. The number of methoxy groups -OCH3 is 2. The van der Waals surface area contributed by atoms with Crippen LogP contribution in [0.15, 0.2) is 18.2 Å². The molecule has 0 saturated carbocycles. The maximum atomic E-state index is 11.5. The van der Waals surface area contributed by atoms with Crippen LogP contribution in [0.1, 0.15) is 24.8 Å². The van der Waals surface area contributed by atoms with E-state index in [1.54, 1.807) is 14.2 Å². The molecule has 5 nitrogen and oxygen atoms in total. The van der Waals surface area contributed by atoms with E-state index in [0.29, 0.717) is 13.0 Å². The fourth-order valence-electron chi connectivity index (χ4n) is 2.40. The number of hydrogen-bond donors (Lipinski definition) is 2. The van der Waals surface area contributed by atoms with Crippen LogP contribution in [0.5, 0.6) is 11.5 Å². The third-order valence-electron chi connectivity index (χ3n) is 3.56. The van der Waals surface area contributed by atoms with E-state index in [1.165, 1.54) is 0 Å². The van der Waals surface area contributed by atoms with E-state index in [0.717, 1.165) is 36.4 Å². The zero-order valence-corrected chi connectivity index (χ0v) is 12.1. The topological polar surface area (TPSA) is 59.6 Å². The van der Waals surface area contributed by atoms with Gasteiger partial charge in [-0.1, -0.05) is 6.07 Å². The largest absolute Gasteiger partial charge is 0.497 e. The van der Waals surface area contributed by atoms with Gasteiger partial charge < -0.3 is 20.1 Å². The highest BCUT2D eigenvalue weighted by atomic mass is 16.5. The molecule has 5 heteroatoms. The van der Waals surface area contributed by atoms with Crippen molar-refractivity contribution in [2.45, 2.75) is 31.8 Å². The molecule has 1 fully saturated rings. The van der Waals surface area contributed by atoms with Crippen molar-refractivity contribution in [1.82, 2.24) is 10.6 Å². The molecule has 0 radical (unpaired) electrons. The lowest BCUT2D eigenvalue weighted by atomic mass is 10.1. The monoisotopic (exact) mass is 278 g/mol. The lowest BCUT2D eigenvalue weighted by Crippen LogP contribution is -2.32. The Labute approximate surface area is 119 Å². The predicted molar refractivity (Wildman–Crippen MR) is 77.0 cm³/mol. The van der Waals surface area contributed by atoms with Gasteiger partial charge in [-0.25, -0.2) is 0 Å². The molecule has 1 aliphatic heterocycles. The number of rotatable bonds is 5. The Kier molecular flexibility index (Phi) is 5.24. The van der Waals surface area contributed by atoms with Crippen molar-refractivity contribution in [3.8, 4) is 11.5 Å². The van der Waals surface area contributed by atoms with Crippen molar-refractivity contribution >= 4 is 5.91 Å². The van der Waals surface area contributed by atoms with Gasteiger partial charge in [-0.3, -0.25) is 4.79 Å². The van der Waals surface area contributed by atoms with Crippen molar-refractivity contribution in [3.63, 3.8) is 0 Å². The quantitative estimate of drug-likeness (QED) is 0.856. The molecule has 1 aliphatic rings. The van der Waals surface area contributed by atoms with Gasteiger partial charge in [-0.05, 0) is 18.9 Å². The molecular weight excluding hydrogens is 256 g/mol. The highest BCUT2D eigenvalue weighted by Crippen LogP contribution is 2.24. The number of carbonyl (C=O) groups excluding carboxylic acids is 1. The van der Waals surface area contributed by atoms with Gasteiger partial charge in [0.2, 0.25) is 5.91 Å². The normalized spacial score (nSPS) is 19.1. The summed E-state index contributed by atoms with van der Waals surface area (Å²) in [5.74, 6) is 1.70. The summed E-state index contributed by atoms with van der Waals surface area (Å²) in [6.07, 6.45) is 2.57. The van der Waals surface area contributed by atoms with Crippen LogP contribution >= 0.6 is 0 Å². The Balaban J connectivity index is 1.97. The van der Waals surface area contributed by atoms with Crippen molar-refractivity contribution in [2.24, 2.45) is 0 Å². The minimum atomic E-state index is 0.127. The number of hydrogen-bond acceptors (Lipinski definition) is 4. The average Bonchev–Trinajstić information content (AvgIpc) is 2.69. The third-order valence-corrected chi connectivity index (χ3v) is 3.56. The van der Waals surface area contributed by atoms with Crippen molar-refractivity contribution in [1.29, 1.82) is 0 Å². The molecular formula is C15H22N2O3. The summed E-state index contributed by atoms with van der Waals surface area (Å²) in [6, 6.07) is 6.00. The summed E-state index contributed by atoms with van der Waals surface area (Å²) >= 11 is 0. The van der Waals surface area contributed by atoms with E-state index in [4.69, 9.17) is 9.47 Å². The molecule has 20 heavy (non-hydrogen) atoms. The SMILES string of the molecule is COc1ccc(CNC2CCCNC(=O)C2)c(OC)c1. The Morgan fingerprint density at radius 2 is 2.20 bits per heavy atom. The molecule has 110 valence electrons. The average molecular weight is 278 g/mol. The van der Waals surface area contributed by atoms with Gasteiger partial charge in [0.05, 0.1) is 14.2 Å². The first kappa shape index (κ1) is 14.7. The summed E-state index contributed by atoms with van der Waals surface area (Å²) in [7, 11) is 3.29. The van der Waals surface area contributed by atoms with E-state index < -0.39 is 0 Å². The minimum absolute atomic E-state index is 0.127. The third kappa shape index (κ3) is 3.87. The number of amides is 1. The molecule has 0 aromatic heterocycles. The molecule has 2 rings (SSSR count). The number of carbonyl (C=O) groups is 1. The smallest absolute Gasteiger partial charge is 0.221 e. The van der Waals surface area contributed by atoms with Crippen molar-refractivity contribution in [3.05, 3.63) is 23.8 Å². The van der Waals surface area contributed by atoms with Gasteiger partial charge in [0.25, 0.3) is 0 Å². The fourth-order valence-corrected chi connectivity index (χ4v) is 2.40. The van der Waals surface area contributed by atoms with Gasteiger partial charge in [0.15, 0.2) is 0 Å². The van der Waals surface area contributed by atoms with Crippen LogP contribution in [0.4, 0.5) is 0 Å². The van der Waals surface area contributed by atoms with Gasteiger partial charge in [-0.2, -0.15) is 0 Å². The molecule has 1 aromatic rings. The summed E-state index contributed by atoms with van der Waals surface area (Å²) in [5, 5.41) is 6.33. The van der Waals surface area contributed by atoms with Crippen LogP contribution in [-0.4, -0.2) is 32.7 Å². The molecule has 1 atom stereocenters. The number of nitrogens with one attached hydrogen (secondary N) is 2. The Bertz CT molecular complexity index is 462. The Hall–Kier alpha value is -1.75. The zero-order valence-electron chi connectivity index (χ0n) is 12.1. The fraction of sp³-hybridized carbons (Fsp3) is 0.533. The second kappa shape index (κ2) is 7.14. The van der Waals surface area contributed by atoms with Gasteiger partial charge >= 0.3 is 0 Å². The van der Waals surface area contributed by atoms with Crippen LogP contribution in [-0.2, 0) is 11.3 Å². The van der Waals surface area contributed by atoms with Crippen LogP contribution in [0, 0.1) is 0 Å². The predicted octanol–water partition coefficient (Wildman–Crippen LogP) is 1.46. The van der Waals surface area contributed by atoms with Crippen molar-refractivity contribution in [2.75, 3.05) is 20.8 Å². The molecule has 0 aliphatic carbocycles. The number of ether oxygens (including phenoxy) is 2. The van der Waals surface area contributed by atoms with E-state index in [2.05, 4.69) is 10.6 Å². The molecule has 1 amide bonds. The van der Waals surface area contributed by atoms with Gasteiger partial charge in [-0.15, -0.1) is 0 Å². The molecule has 1 aromatic carbocycles. The maximum Gasteiger partial charge on any atom is 0.221 e. The van der Waals surface area contributed by atoms with E-state index in [-0.39, 0.29) is 11.9 Å². The first-order chi connectivity index (χ1) is 9.72. The van der Waals surface area contributed by atoms with Crippen LogP contribution in [0.2, 0.25) is 0 Å². The zero-order chi connectivity index (χ0) is 14.4. The summed E-state index contributed by atoms with van der Waals surface area (Å²) in [6.45, 7) is 1.47. The minimum Gasteiger partial charge on any atom is -0.497 e. The van der Waals surface area contributed by atoms with Gasteiger partial charge in [0, 0.05) is 37.2 Å². The first-order valence-corrected chi connectivity index (χ1v) is 6.94. The molecule has 2 N–H and O–H groups in total. The van der Waals surface area contributed by atoms with Crippen LogP contribution in [0.25, 0.3) is 0 Å². The number of benzene rings is 1. The standard InChI is InChI=1S/C15H22N2O3/c1-19-13-6-5-11(14(9-13)20-2)10-17-12-4-3-7-16-15(18)8-12/h5-6,9,12,17H,3-4,7-8,10H2,1-2H3,(H,16,18). The molecule has 0 spiro atoms. The second-order valence-electron chi connectivity index (χ2n) is 4.95. The lowest BCUT2D eigenvalue weighted by Gasteiger charge is -2.17. The Morgan fingerprint density at radius 3 is 2.95 bits per heavy atom. The summed E-state index contributed by atoms with van der Waals surface area (Å²) in [4.78, 5) is 11.5. The van der Waals surface area contributed by atoms with E-state index in [1.807, 2.05) is 18.2 Å². The maximum absolute atomic E-state index is 11.5. The highest BCUT2D eigenvalue weighted by molar-refractivity contribution is 5.76. The molecule has 1 heterocycles. The van der Waals surface area contributed by atoms with Gasteiger partial charge in [0.1, 0.15) is 11.5 Å². The molecule has 1 unspecified atom stereocenters. The lowest BCUT2D eigenvalue weighted by molar-refractivity contribution is -0.121. The first-order valence-electron chi connectivity index (χ1n) is 6.94. The van der Waals surface area contributed by atoms with E-state index in [9.17, 15) is 4.79 Å². The summed E-state index contributed by atoms with van der Waals surface area (Å²) in [5.41, 5.74) is 1.07.